The number of carbonyl (C=O) groups is 1. The van der Waals surface area contributed by atoms with Crippen LogP contribution in [-0.4, -0.2) is 60.7 Å². The van der Waals surface area contributed by atoms with Crippen molar-refractivity contribution in [2.24, 2.45) is 11.8 Å². The predicted molar refractivity (Wildman–Crippen MR) is 147 cm³/mol. The van der Waals surface area contributed by atoms with Crippen molar-refractivity contribution in [1.82, 2.24) is 14.9 Å². The van der Waals surface area contributed by atoms with E-state index in [4.69, 9.17) is 32.7 Å². The maximum Gasteiger partial charge on any atom is 0.225 e. The second kappa shape index (κ2) is 13.5. The minimum Gasteiger partial charge on any atom is -0.495 e. The molecule has 2 aliphatic rings. The van der Waals surface area contributed by atoms with Gasteiger partial charge in [0.1, 0.15) is 11.6 Å². The van der Waals surface area contributed by atoms with Crippen LogP contribution in [0.2, 0.25) is 10.0 Å². The lowest BCUT2D eigenvalue weighted by Crippen LogP contribution is -2.42. The molecule has 1 atom stereocenters. The van der Waals surface area contributed by atoms with Gasteiger partial charge < -0.3 is 19.3 Å². The summed E-state index contributed by atoms with van der Waals surface area (Å²) in [6.07, 6.45) is 6.00. The fourth-order valence-corrected chi connectivity index (χ4v) is 4.79. The third-order valence-electron chi connectivity index (χ3n) is 6.62. The van der Waals surface area contributed by atoms with Gasteiger partial charge in [0.25, 0.3) is 0 Å². The van der Waals surface area contributed by atoms with Crippen molar-refractivity contribution in [3.05, 3.63) is 77.0 Å². The van der Waals surface area contributed by atoms with Crippen LogP contribution >= 0.6 is 23.2 Å². The fraction of sp³-hybridized carbons (Fsp3) is 0.393. The number of nitrogens with zero attached hydrogens (tertiary/aromatic N) is 4. The number of hydrogen-bond acceptors (Lipinski definition) is 6. The Morgan fingerprint density at radius 1 is 0.919 bits per heavy atom. The monoisotopic (exact) mass is 542 g/mol. The van der Waals surface area contributed by atoms with Crippen LogP contribution in [0.3, 0.4) is 0 Å². The fourth-order valence-electron chi connectivity index (χ4n) is 4.53. The summed E-state index contributed by atoms with van der Waals surface area (Å²) in [5.41, 5.74) is 0. The number of hydrogen-bond donors (Lipinski definition) is 0. The van der Waals surface area contributed by atoms with Gasteiger partial charge in [-0.1, -0.05) is 41.4 Å². The Kier molecular flexibility index (Phi) is 9.85. The summed E-state index contributed by atoms with van der Waals surface area (Å²) < 4.78 is 10.9. The Bertz CT molecular complexity index is 1110. The number of amides is 1. The van der Waals surface area contributed by atoms with E-state index in [2.05, 4.69) is 14.9 Å². The Morgan fingerprint density at radius 2 is 1.70 bits per heavy atom. The molecule has 1 aromatic carbocycles. The third kappa shape index (κ3) is 7.98. The molecule has 0 aliphatic carbocycles. The second-order valence-corrected chi connectivity index (χ2v) is 10.1. The van der Waals surface area contributed by atoms with Crippen LogP contribution in [-0.2, 0) is 4.79 Å². The molecule has 4 heterocycles. The zero-order valence-electron chi connectivity index (χ0n) is 20.9. The Morgan fingerprint density at radius 3 is 2.30 bits per heavy atom. The van der Waals surface area contributed by atoms with Gasteiger partial charge in [-0.3, -0.25) is 4.79 Å². The van der Waals surface area contributed by atoms with Gasteiger partial charge in [-0.15, -0.1) is 0 Å². The quantitative estimate of drug-likeness (QED) is 0.402. The Labute approximate surface area is 228 Å². The predicted octanol–water partition coefficient (Wildman–Crippen LogP) is 5.62. The number of carbonyl (C=O) groups excluding carboxylic acids is 1. The number of halogens is 2. The van der Waals surface area contributed by atoms with Crippen LogP contribution in [0.15, 0.2) is 67.0 Å². The molecular formula is C28H32Cl2N4O3. The highest BCUT2D eigenvalue weighted by molar-refractivity contribution is 6.30. The summed E-state index contributed by atoms with van der Waals surface area (Å²) in [6.45, 7) is 3.82. The van der Waals surface area contributed by atoms with Crippen LogP contribution in [0.25, 0.3) is 0 Å². The van der Waals surface area contributed by atoms with Crippen LogP contribution in [0.4, 0.5) is 5.82 Å². The number of anilines is 1. The van der Waals surface area contributed by atoms with Gasteiger partial charge in [-0.25, -0.2) is 9.97 Å². The molecule has 7 nitrogen and oxygen atoms in total. The highest BCUT2D eigenvalue weighted by Gasteiger charge is 2.33. The number of pyridine rings is 2. The van der Waals surface area contributed by atoms with E-state index in [-0.39, 0.29) is 11.8 Å². The molecule has 3 aromatic rings. The number of aromatic nitrogens is 2. The van der Waals surface area contributed by atoms with E-state index in [0.29, 0.717) is 23.4 Å². The molecule has 37 heavy (non-hydrogen) atoms. The number of likely N-dealkylation sites (tertiary alicyclic amines) is 1. The molecule has 196 valence electrons. The van der Waals surface area contributed by atoms with E-state index in [9.17, 15) is 4.79 Å². The molecule has 2 fully saturated rings. The van der Waals surface area contributed by atoms with Crippen molar-refractivity contribution < 1.29 is 14.3 Å². The van der Waals surface area contributed by atoms with Gasteiger partial charge in [0.2, 0.25) is 11.8 Å². The Hall–Kier alpha value is -3.03. The Balaban J connectivity index is 0.000000396. The first-order valence-electron chi connectivity index (χ1n) is 12.5. The SMILES string of the molecule is COc1ccc(N2CCC(C(=O)N3CCC(COc4ccc(Cl)cn4)C3)CC2)nc1.Clc1ccccc1. The molecular weight excluding hydrogens is 511 g/mol. The van der Waals surface area contributed by atoms with Crippen LogP contribution in [0.5, 0.6) is 11.6 Å². The number of methoxy groups -OCH3 is 1. The molecule has 1 unspecified atom stereocenters. The molecule has 0 spiro atoms. The average molecular weight is 543 g/mol. The number of rotatable bonds is 6. The molecule has 5 rings (SSSR count). The van der Waals surface area contributed by atoms with E-state index in [0.717, 1.165) is 62.0 Å². The van der Waals surface area contributed by atoms with Crippen molar-refractivity contribution in [1.29, 1.82) is 0 Å². The maximum absolute atomic E-state index is 13.0. The van der Waals surface area contributed by atoms with Crippen LogP contribution in [0.1, 0.15) is 19.3 Å². The topological polar surface area (TPSA) is 67.8 Å². The van der Waals surface area contributed by atoms with E-state index >= 15 is 0 Å². The van der Waals surface area contributed by atoms with Crippen LogP contribution < -0.4 is 14.4 Å². The van der Waals surface area contributed by atoms with E-state index in [1.54, 1.807) is 31.6 Å². The first-order valence-corrected chi connectivity index (χ1v) is 13.3. The molecule has 9 heteroatoms. The van der Waals surface area contributed by atoms with E-state index in [1.165, 1.54) is 0 Å². The minimum atomic E-state index is 0.0945. The lowest BCUT2D eigenvalue weighted by atomic mass is 9.95. The zero-order valence-corrected chi connectivity index (χ0v) is 22.4. The van der Waals surface area contributed by atoms with Crippen molar-refractivity contribution >= 4 is 34.9 Å². The van der Waals surface area contributed by atoms with Gasteiger partial charge in [-0.2, -0.15) is 0 Å². The summed E-state index contributed by atoms with van der Waals surface area (Å²) in [5.74, 6) is 2.99. The van der Waals surface area contributed by atoms with Gasteiger partial charge >= 0.3 is 0 Å². The summed E-state index contributed by atoms with van der Waals surface area (Å²) in [4.78, 5) is 25.9. The zero-order chi connectivity index (χ0) is 26.0. The third-order valence-corrected chi connectivity index (χ3v) is 7.10. The second-order valence-electron chi connectivity index (χ2n) is 9.18. The van der Waals surface area contributed by atoms with Crippen molar-refractivity contribution in [3.63, 3.8) is 0 Å². The van der Waals surface area contributed by atoms with Crippen molar-refractivity contribution in [2.75, 3.05) is 44.8 Å². The molecule has 2 aromatic heterocycles. The van der Waals surface area contributed by atoms with Crippen molar-refractivity contribution in [3.8, 4) is 11.6 Å². The molecule has 0 N–H and O–H groups in total. The summed E-state index contributed by atoms with van der Waals surface area (Å²) >= 11 is 11.4. The minimum absolute atomic E-state index is 0.0945. The standard InChI is InChI=1S/C22H27ClN4O3.C6H5Cl/c1-29-19-3-4-20(24-13-19)26-10-7-17(8-11-26)22(28)27-9-6-16(14-27)15-30-21-5-2-18(23)12-25-21;7-6-4-2-1-3-5-6/h2-5,12-13,16-17H,6-11,14-15H2,1H3;1-5H. The molecule has 0 saturated carbocycles. The molecule has 2 saturated heterocycles. The van der Waals surface area contributed by atoms with Crippen molar-refractivity contribution in [2.45, 2.75) is 19.3 Å². The van der Waals surface area contributed by atoms with E-state index < -0.39 is 0 Å². The average Bonchev–Trinajstić information content (AvgIpc) is 3.42. The normalized spacial score (nSPS) is 17.6. The lowest BCUT2D eigenvalue weighted by Gasteiger charge is -2.34. The lowest BCUT2D eigenvalue weighted by molar-refractivity contribution is -0.135. The highest BCUT2D eigenvalue weighted by atomic mass is 35.5. The van der Waals surface area contributed by atoms with Gasteiger partial charge in [0.05, 0.1) is 24.9 Å². The maximum atomic E-state index is 13.0. The van der Waals surface area contributed by atoms with Gasteiger partial charge in [-0.05, 0) is 49.6 Å². The number of benzene rings is 1. The highest BCUT2D eigenvalue weighted by Crippen LogP contribution is 2.27. The van der Waals surface area contributed by atoms with Gasteiger partial charge in [0, 0.05) is 55.3 Å². The molecule has 0 radical (unpaired) electrons. The van der Waals surface area contributed by atoms with Crippen LogP contribution in [0, 0.1) is 11.8 Å². The first-order chi connectivity index (χ1) is 18.0. The first kappa shape index (κ1) is 27.0. The summed E-state index contributed by atoms with van der Waals surface area (Å²) in [6, 6.07) is 16.9. The van der Waals surface area contributed by atoms with E-state index in [1.807, 2.05) is 47.4 Å². The number of ether oxygens (including phenoxy) is 2. The number of piperidine rings is 1. The largest absolute Gasteiger partial charge is 0.495 e. The molecule has 2 aliphatic heterocycles. The molecule has 0 bridgehead atoms. The van der Waals surface area contributed by atoms with Gasteiger partial charge in [0.15, 0.2) is 0 Å². The summed E-state index contributed by atoms with van der Waals surface area (Å²) in [7, 11) is 1.64. The summed E-state index contributed by atoms with van der Waals surface area (Å²) in [5, 5.41) is 1.39. The smallest absolute Gasteiger partial charge is 0.225 e. The molecule has 1 amide bonds.